The predicted molar refractivity (Wildman–Crippen MR) is 96.2 cm³/mol. The molecule has 1 aliphatic rings. The second kappa shape index (κ2) is 7.07. The molecule has 0 spiro atoms. The number of hydrogen-bond donors (Lipinski definition) is 0. The van der Waals surface area contributed by atoms with Crippen molar-refractivity contribution in [2.75, 3.05) is 17.8 Å². The number of hydrogen-bond acceptors (Lipinski definition) is 4. The van der Waals surface area contributed by atoms with Crippen LogP contribution in [0.5, 0.6) is 5.75 Å². The van der Waals surface area contributed by atoms with Gasteiger partial charge in [0, 0.05) is 0 Å². The first-order valence-corrected chi connectivity index (χ1v) is 8.44. The van der Waals surface area contributed by atoms with Crippen molar-refractivity contribution in [3.05, 3.63) is 59.1 Å². The standard InChI is InChI=1S/C17H13ClN2O3S/c1-23-14-9-5-4-8-13(14)20-15(21)10-24-17(20)19-16(22)11-6-2-3-7-12(11)18/h2-9H,10H2,1H3. The van der Waals surface area contributed by atoms with E-state index >= 15 is 0 Å². The number of methoxy groups -OCH3 is 1. The van der Waals surface area contributed by atoms with Gasteiger partial charge in [0.05, 0.1) is 29.1 Å². The van der Waals surface area contributed by atoms with Crippen molar-refractivity contribution in [3.63, 3.8) is 0 Å². The van der Waals surface area contributed by atoms with Gasteiger partial charge in [0.15, 0.2) is 5.17 Å². The summed E-state index contributed by atoms with van der Waals surface area (Å²) in [6.45, 7) is 0. The monoisotopic (exact) mass is 360 g/mol. The van der Waals surface area contributed by atoms with Gasteiger partial charge in [-0.2, -0.15) is 4.99 Å². The number of thioether (sulfide) groups is 1. The van der Waals surface area contributed by atoms with Crippen LogP contribution >= 0.6 is 23.4 Å². The largest absolute Gasteiger partial charge is 0.495 e. The zero-order valence-corrected chi connectivity index (χ0v) is 14.3. The molecule has 1 saturated heterocycles. The Morgan fingerprint density at radius 2 is 1.92 bits per heavy atom. The first-order chi connectivity index (χ1) is 11.6. The van der Waals surface area contributed by atoms with Gasteiger partial charge < -0.3 is 4.74 Å². The van der Waals surface area contributed by atoms with E-state index in [2.05, 4.69) is 4.99 Å². The molecule has 0 aliphatic carbocycles. The van der Waals surface area contributed by atoms with Crippen LogP contribution < -0.4 is 9.64 Å². The molecule has 0 atom stereocenters. The van der Waals surface area contributed by atoms with Gasteiger partial charge in [-0.05, 0) is 24.3 Å². The van der Waals surface area contributed by atoms with Gasteiger partial charge >= 0.3 is 0 Å². The van der Waals surface area contributed by atoms with Crippen molar-refractivity contribution in [1.82, 2.24) is 0 Å². The van der Waals surface area contributed by atoms with Crippen LogP contribution in [0, 0.1) is 0 Å². The minimum atomic E-state index is -0.488. The molecular formula is C17H13ClN2O3S. The van der Waals surface area contributed by atoms with Gasteiger partial charge in [-0.25, -0.2) is 0 Å². The fourth-order valence-electron chi connectivity index (χ4n) is 2.28. The first kappa shape index (κ1) is 16.5. The third-order valence-corrected chi connectivity index (χ3v) is 4.65. The van der Waals surface area contributed by atoms with Gasteiger partial charge in [-0.1, -0.05) is 47.6 Å². The summed E-state index contributed by atoms with van der Waals surface area (Å²) in [5.74, 6) is 0.103. The van der Waals surface area contributed by atoms with Crippen molar-refractivity contribution in [2.24, 2.45) is 4.99 Å². The lowest BCUT2D eigenvalue weighted by Gasteiger charge is -2.18. The van der Waals surface area contributed by atoms with Gasteiger partial charge in [0.25, 0.3) is 5.91 Å². The number of benzene rings is 2. The van der Waals surface area contributed by atoms with Crippen LogP contribution in [-0.4, -0.2) is 29.8 Å². The number of anilines is 1. The highest BCUT2D eigenvalue weighted by atomic mass is 35.5. The zero-order valence-electron chi connectivity index (χ0n) is 12.7. The van der Waals surface area contributed by atoms with Crippen LogP contribution in [0.2, 0.25) is 5.02 Å². The summed E-state index contributed by atoms with van der Waals surface area (Å²) in [6, 6.07) is 13.8. The second-order valence-corrected chi connectivity index (χ2v) is 6.22. The molecule has 0 N–H and O–H groups in total. The highest BCUT2D eigenvalue weighted by molar-refractivity contribution is 8.15. The lowest BCUT2D eigenvalue weighted by atomic mass is 10.2. The normalized spacial score (nSPS) is 15.8. The maximum Gasteiger partial charge on any atom is 0.280 e. The SMILES string of the molecule is COc1ccccc1N1C(=O)CSC1=NC(=O)c1ccccc1Cl. The minimum absolute atomic E-state index is 0.157. The number of carbonyl (C=O) groups is 2. The summed E-state index contributed by atoms with van der Waals surface area (Å²) < 4.78 is 5.30. The summed E-state index contributed by atoms with van der Waals surface area (Å²) in [7, 11) is 1.53. The van der Waals surface area contributed by atoms with Gasteiger partial charge in [0.1, 0.15) is 5.75 Å². The highest BCUT2D eigenvalue weighted by Gasteiger charge is 2.32. The fourth-order valence-corrected chi connectivity index (χ4v) is 3.35. The Balaban J connectivity index is 1.99. The number of amidine groups is 1. The van der Waals surface area contributed by atoms with Gasteiger partial charge in [0.2, 0.25) is 5.91 Å². The summed E-state index contributed by atoms with van der Waals surface area (Å²) in [4.78, 5) is 30.2. The molecule has 0 aromatic heterocycles. The number of nitrogens with zero attached hydrogens (tertiary/aromatic N) is 2. The first-order valence-electron chi connectivity index (χ1n) is 7.08. The van der Waals surface area contributed by atoms with Crippen LogP contribution in [0.1, 0.15) is 10.4 Å². The maximum atomic E-state index is 12.4. The number of carbonyl (C=O) groups excluding carboxylic acids is 2. The van der Waals surface area contributed by atoms with Crippen LogP contribution in [0.3, 0.4) is 0 Å². The lowest BCUT2D eigenvalue weighted by Crippen LogP contribution is -2.30. The molecule has 24 heavy (non-hydrogen) atoms. The maximum absolute atomic E-state index is 12.4. The molecule has 0 unspecified atom stereocenters. The average Bonchev–Trinajstić information content (AvgIpc) is 2.95. The Morgan fingerprint density at radius 3 is 2.67 bits per heavy atom. The molecule has 0 radical (unpaired) electrons. The molecule has 1 heterocycles. The van der Waals surface area contributed by atoms with E-state index in [1.807, 2.05) is 6.07 Å². The number of para-hydroxylation sites is 2. The van der Waals surface area contributed by atoms with Gasteiger partial charge in [-0.3, -0.25) is 14.5 Å². The number of amides is 2. The van der Waals surface area contributed by atoms with E-state index in [1.165, 1.54) is 23.8 Å². The summed E-state index contributed by atoms with van der Waals surface area (Å²) in [5, 5.41) is 0.638. The Hall–Kier alpha value is -2.31. The molecule has 122 valence electrons. The fraction of sp³-hybridized carbons (Fsp3) is 0.118. The van der Waals surface area contributed by atoms with Crippen molar-refractivity contribution in [1.29, 1.82) is 0 Å². The molecule has 2 aromatic carbocycles. The molecule has 7 heteroatoms. The molecule has 0 saturated carbocycles. The van der Waals surface area contributed by atoms with Crippen molar-refractivity contribution in [3.8, 4) is 5.75 Å². The Morgan fingerprint density at radius 1 is 1.21 bits per heavy atom. The molecular weight excluding hydrogens is 348 g/mol. The van der Waals surface area contributed by atoms with Crippen LogP contribution in [-0.2, 0) is 4.79 Å². The predicted octanol–water partition coefficient (Wildman–Crippen LogP) is 3.62. The molecule has 1 aliphatic heterocycles. The van der Waals surface area contributed by atoms with Gasteiger partial charge in [-0.15, -0.1) is 0 Å². The Kier molecular flexibility index (Phi) is 4.87. The summed E-state index contributed by atoms with van der Waals surface area (Å²) in [5.41, 5.74) is 0.854. The number of aliphatic imine (C=N–C) groups is 1. The molecule has 2 aromatic rings. The van der Waals surface area contributed by atoms with E-state index < -0.39 is 5.91 Å². The minimum Gasteiger partial charge on any atom is -0.495 e. The number of halogens is 1. The highest BCUT2D eigenvalue weighted by Crippen LogP contribution is 2.34. The van der Waals surface area contributed by atoms with E-state index in [9.17, 15) is 9.59 Å². The number of rotatable bonds is 3. The third-order valence-electron chi connectivity index (χ3n) is 3.39. The zero-order chi connectivity index (χ0) is 17.1. The van der Waals surface area contributed by atoms with E-state index in [1.54, 1.807) is 42.5 Å². The molecule has 1 fully saturated rings. The molecule has 5 nitrogen and oxygen atoms in total. The lowest BCUT2D eigenvalue weighted by molar-refractivity contribution is -0.115. The van der Waals surface area contributed by atoms with E-state index in [4.69, 9.17) is 16.3 Å². The summed E-state index contributed by atoms with van der Waals surface area (Å²) >= 11 is 7.25. The molecule has 0 bridgehead atoms. The van der Waals surface area contributed by atoms with Crippen molar-refractivity contribution in [2.45, 2.75) is 0 Å². The third kappa shape index (κ3) is 3.16. The van der Waals surface area contributed by atoms with E-state index in [0.717, 1.165) is 0 Å². The average molecular weight is 361 g/mol. The Labute approximate surface area is 148 Å². The summed E-state index contributed by atoms with van der Waals surface area (Å²) in [6.07, 6.45) is 0. The van der Waals surface area contributed by atoms with Crippen LogP contribution in [0.25, 0.3) is 0 Å². The molecule has 3 rings (SSSR count). The van der Waals surface area contributed by atoms with Crippen molar-refractivity contribution >= 4 is 46.0 Å². The second-order valence-electron chi connectivity index (χ2n) is 4.87. The quantitative estimate of drug-likeness (QED) is 0.838. The van der Waals surface area contributed by atoms with E-state index in [0.29, 0.717) is 27.2 Å². The Bertz CT molecular complexity index is 838. The number of ether oxygens (including phenoxy) is 1. The smallest absolute Gasteiger partial charge is 0.280 e. The molecule has 2 amide bonds. The van der Waals surface area contributed by atoms with E-state index in [-0.39, 0.29) is 11.7 Å². The van der Waals surface area contributed by atoms with Crippen LogP contribution in [0.15, 0.2) is 53.5 Å². The topological polar surface area (TPSA) is 59.0 Å². The van der Waals surface area contributed by atoms with Crippen LogP contribution in [0.4, 0.5) is 5.69 Å². The van der Waals surface area contributed by atoms with Crippen molar-refractivity contribution < 1.29 is 14.3 Å².